The maximum atomic E-state index is 12.6. The first-order valence-electron chi connectivity index (χ1n) is 8.11. The van der Waals surface area contributed by atoms with Crippen molar-refractivity contribution in [2.24, 2.45) is 0 Å². The van der Waals surface area contributed by atoms with Crippen LogP contribution in [0.1, 0.15) is 12.5 Å². The first kappa shape index (κ1) is 17.9. The highest BCUT2D eigenvalue weighted by atomic mass is 35.5. The summed E-state index contributed by atoms with van der Waals surface area (Å²) in [7, 11) is 0. The second kappa shape index (κ2) is 7.17. The van der Waals surface area contributed by atoms with Crippen molar-refractivity contribution in [3.63, 3.8) is 0 Å². The Morgan fingerprint density at radius 2 is 1.85 bits per heavy atom. The van der Waals surface area contributed by atoms with E-state index in [9.17, 15) is 14.4 Å². The van der Waals surface area contributed by atoms with Crippen LogP contribution in [0.3, 0.4) is 0 Å². The summed E-state index contributed by atoms with van der Waals surface area (Å²) in [6.45, 7) is 3.39. The molecule has 3 aromatic rings. The van der Waals surface area contributed by atoms with Gasteiger partial charge in [-0.2, -0.15) is 0 Å². The first-order valence-corrected chi connectivity index (χ1v) is 8.49. The Kier molecular flexibility index (Phi) is 4.95. The number of halogens is 1. The maximum absolute atomic E-state index is 12.6. The Hall–Kier alpha value is -2.86. The second-order valence-corrected chi connectivity index (χ2v) is 6.26. The van der Waals surface area contributed by atoms with E-state index in [0.29, 0.717) is 27.2 Å². The second-order valence-electron chi connectivity index (χ2n) is 5.82. The van der Waals surface area contributed by atoms with E-state index in [0.717, 1.165) is 4.57 Å². The van der Waals surface area contributed by atoms with Gasteiger partial charge < -0.3 is 4.74 Å². The van der Waals surface area contributed by atoms with Crippen LogP contribution in [0, 0.1) is 6.92 Å². The van der Waals surface area contributed by atoms with Crippen LogP contribution in [0.5, 0.6) is 5.75 Å². The van der Waals surface area contributed by atoms with Crippen LogP contribution in [-0.4, -0.2) is 15.1 Å². The minimum atomic E-state index is -0.607. The van der Waals surface area contributed by atoms with Gasteiger partial charge in [0.1, 0.15) is 12.3 Å². The summed E-state index contributed by atoms with van der Waals surface area (Å²) in [5, 5.41) is 0.920. The average molecular weight is 373 g/mol. The van der Waals surface area contributed by atoms with Gasteiger partial charge in [0, 0.05) is 11.6 Å². The lowest BCUT2D eigenvalue weighted by molar-refractivity contribution is -0.135. The fourth-order valence-electron chi connectivity index (χ4n) is 2.81. The summed E-state index contributed by atoms with van der Waals surface area (Å²) in [5.74, 6) is -0.232. The molecule has 0 atom stereocenters. The Morgan fingerprint density at radius 3 is 2.54 bits per heavy atom. The average Bonchev–Trinajstić information content (AvgIpc) is 2.61. The number of aryl methyl sites for hydroxylation is 1. The number of esters is 1. The third-order valence-corrected chi connectivity index (χ3v) is 4.33. The quantitative estimate of drug-likeness (QED) is 0.521. The lowest BCUT2D eigenvalue weighted by atomic mass is 10.2. The fraction of sp³-hybridized carbons (Fsp3) is 0.211. The number of ether oxygens (including phenoxy) is 1. The Labute approximate surface area is 154 Å². The molecule has 0 aliphatic carbocycles. The number of carbonyl (C=O) groups is 1. The minimum Gasteiger partial charge on any atom is -0.425 e. The van der Waals surface area contributed by atoms with Gasteiger partial charge in [0.05, 0.1) is 10.9 Å². The van der Waals surface area contributed by atoms with Crippen LogP contribution in [0.4, 0.5) is 0 Å². The summed E-state index contributed by atoms with van der Waals surface area (Å²) in [5.41, 5.74) is 0.200. The number of rotatable bonds is 4. The first-order chi connectivity index (χ1) is 12.4. The van der Waals surface area contributed by atoms with Gasteiger partial charge in [-0.15, -0.1) is 0 Å². The predicted octanol–water partition coefficient (Wildman–Crippen LogP) is 2.75. The number of hydrogen-bond donors (Lipinski definition) is 0. The highest BCUT2D eigenvalue weighted by molar-refractivity contribution is 6.30. The zero-order chi connectivity index (χ0) is 18.8. The topological polar surface area (TPSA) is 70.3 Å². The summed E-state index contributed by atoms with van der Waals surface area (Å²) in [4.78, 5) is 37.4. The molecular weight excluding hydrogens is 356 g/mol. The predicted molar refractivity (Wildman–Crippen MR) is 100.0 cm³/mol. The van der Waals surface area contributed by atoms with Crippen LogP contribution in [0.15, 0.2) is 52.1 Å². The molecule has 0 aliphatic heterocycles. The third-order valence-electron chi connectivity index (χ3n) is 4.10. The highest BCUT2D eigenvalue weighted by Crippen LogP contribution is 2.22. The van der Waals surface area contributed by atoms with E-state index >= 15 is 0 Å². The van der Waals surface area contributed by atoms with Crippen molar-refractivity contribution >= 4 is 28.5 Å². The molecular formula is C19H17ClN2O4. The van der Waals surface area contributed by atoms with Crippen LogP contribution >= 0.6 is 11.6 Å². The van der Waals surface area contributed by atoms with Gasteiger partial charge in [-0.3, -0.25) is 13.9 Å². The van der Waals surface area contributed by atoms with Crippen molar-refractivity contribution in [1.29, 1.82) is 0 Å². The number of benzene rings is 2. The van der Waals surface area contributed by atoms with E-state index in [2.05, 4.69) is 0 Å². The van der Waals surface area contributed by atoms with Crippen molar-refractivity contribution in [1.82, 2.24) is 9.13 Å². The fourth-order valence-corrected chi connectivity index (χ4v) is 3.04. The molecule has 1 heterocycles. The Bertz CT molecular complexity index is 1110. The highest BCUT2D eigenvalue weighted by Gasteiger charge is 2.16. The molecule has 1 aromatic heterocycles. The van der Waals surface area contributed by atoms with E-state index in [4.69, 9.17) is 16.3 Å². The minimum absolute atomic E-state index is 0.216. The molecule has 0 saturated carbocycles. The summed E-state index contributed by atoms with van der Waals surface area (Å²) >= 11 is 5.90. The third kappa shape index (κ3) is 3.28. The smallest absolute Gasteiger partial charge is 0.332 e. The molecule has 134 valence electrons. The van der Waals surface area contributed by atoms with Crippen molar-refractivity contribution < 1.29 is 9.53 Å². The Balaban J connectivity index is 2.02. The van der Waals surface area contributed by atoms with Crippen molar-refractivity contribution in [3.8, 4) is 5.75 Å². The standard InChI is InChI=1S/C19H17ClN2O4/c1-3-21-18(24)14-6-4-5-7-15(14)22(19(21)25)11-17(23)26-16-9-8-13(20)10-12(16)2/h4-10H,3,11H2,1-2H3. The van der Waals surface area contributed by atoms with Gasteiger partial charge in [-0.25, -0.2) is 9.59 Å². The summed E-state index contributed by atoms with van der Waals surface area (Å²) in [6.07, 6.45) is 0. The van der Waals surface area contributed by atoms with E-state index < -0.39 is 11.7 Å². The van der Waals surface area contributed by atoms with Crippen molar-refractivity contribution in [3.05, 3.63) is 73.9 Å². The number of aromatic nitrogens is 2. The van der Waals surface area contributed by atoms with Crippen molar-refractivity contribution in [2.75, 3.05) is 0 Å². The number of carbonyl (C=O) groups excluding carboxylic acids is 1. The van der Waals surface area contributed by atoms with E-state index in [1.54, 1.807) is 56.3 Å². The van der Waals surface area contributed by atoms with Gasteiger partial charge in [-0.05, 0) is 49.7 Å². The number of fused-ring (bicyclic) bond motifs is 1. The van der Waals surface area contributed by atoms with E-state index in [1.165, 1.54) is 4.57 Å². The molecule has 0 fully saturated rings. The molecule has 0 saturated heterocycles. The number of hydrogen-bond acceptors (Lipinski definition) is 4. The summed E-state index contributed by atoms with van der Waals surface area (Å²) in [6, 6.07) is 11.6. The van der Waals surface area contributed by atoms with Gasteiger partial charge in [-0.1, -0.05) is 23.7 Å². The molecule has 0 bridgehead atoms. The number of nitrogens with zero attached hydrogens (tertiary/aromatic N) is 2. The zero-order valence-electron chi connectivity index (χ0n) is 14.4. The molecule has 0 N–H and O–H groups in total. The van der Waals surface area contributed by atoms with Crippen LogP contribution in [0.25, 0.3) is 10.9 Å². The largest absolute Gasteiger partial charge is 0.425 e. The van der Waals surface area contributed by atoms with Gasteiger partial charge in [0.25, 0.3) is 5.56 Å². The summed E-state index contributed by atoms with van der Waals surface area (Å²) < 4.78 is 7.73. The van der Waals surface area contributed by atoms with Gasteiger partial charge in [0.2, 0.25) is 0 Å². The van der Waals surface area contributed by atoms with Crippen LogP contribution < -0.4 is 16.0 Å². The SMILES string of the molecule is CCn1c(=O)c2ccccc2n(CC(=O)Oc2ccc(Cl)cc2C)c1=O. The zero-order valence-corrected chi connectivity index (χ0v) is 15.1. The molecule has 7 heteroatoms. The molecule has 0 unspecified atom stereocenters. The molecule has 0 aliphatic rings. The molecule has 6 nitrogen and oxygen atoms in total. The van der Waals surface area contributed by atoms with Crippen molar-refractivity contribution in [2.45, 2.75) is 26.9 Å². The van der Waals surface area contributed by atoms with Crippen LogP contribution in [-0.2, 0) is 17.9 Å². The maximum Gasteiger partial charge on any atom is 0.332 e. The molecule has 0 radical (unpaired) electrons. The number of para-hydroxylation sites is 1. The van der Waals surface area contributed by atoms with Crippen LogP contribution in [0.2, 0.25) is 5.02 Å². The lowest BCUT2D eigenvalue weighted by Crippen LogP contribution is -2.41. The van der Waals surface area contributed by atoms with Gasteiger partial charge >= 0.3 is 11.7 Å². The molecule has 26 heavy (non-hydrogen) atoms. The van der Waals surface area contributed by atoms with Gasteiger partial charge in [0.15, 0.2) is 0 Å². The lowest BCUT2D eigenvalue weighted by Gasteiger charge is -2.13. The normalized spacial score (nSPS) is 10.9. The Morgan fingerprint density at radius 1 is 1.12 bits per heavy atom. The monoisotopic (exact) mass is 372 g/mol. The van der Waals surface area contributed by atoms with E-state index in [1.807, 2.05) is 0 Å². The molecule has 3 rings (SSSR count). The molecule has 2 aromatic carbocycles. The van der Waals surface area contributed by atoms with E-state index in [-0.39, 0.29) is 18.6 Å². The molecule has 0 amide bonds. The molecule has 0 spiro atoms.